The van der Waals surface area contributed by atoms with Crippen LogP contribution in [0.1, 0.15) is 58.5 Å². The van der Waals surface area contributed by atoms with E-state index in [9.17, 15) is 0 Å². The van der Waals surface area contributed by atoms with Gasteiger partial charge in [-0.05, 0) is 12.1 Å². The highest BCUT2D eigenvalue weighted by molar-refractivity contribution is 5.75. The Hall–Kier alpha value is -1.30. The lowest BCUT2D eigenvalue weighted by Gasteiger charge is -2.24. The summed E-state index contributed by atoms with van der Waals surface area (Å²) in [4.78, 5) is 4.66. The number of pyridine rings is 1. The van der Waals surface area contributed by atoms with Crippen molar-refractivity contribution in [3.8, 4) is 6.07 Å². The summed E-state index contributed by atoms with van der Waals surface area (Å²) in [6.07, 6.45) is 0. The molecule has 1 rings (SSSR count). The lowest BCUT2D eigenvalue weighted by molar-refractivity contribution is 0.530. The lowest BCUT2D eigenvalue weighted by Crippen LogP contribution is -2.21. The maximum atomic E-state index is 9.09. The Morgan fingerprint density at radius 3 is 1.88 bits per heavy atom. The molecule has 0 aliphatic heterocycles. The third-order valence-electron chi connectivity index (χ3n) is 2.49. The second-order valence-electron chi connectivity index (χ2n) is 6.20. The Morgan fingerprint density at radius 1 is 1.00 bits per heavy atom. The summed E-state index contributed by atoms with van der Waals surface area (Å²) in [6, 6.07) is 6.05. The number of aromatic nitrogens is 1. The summed E-state index contributed by atoms with van der Waals surface area (Å²) in [7, 11) is 0. The van der Waals surface area contributed by atoms with E-state index in [0.717, 1.165) is 11.4 Å². The Bertz CT molecular complexity index is 431. The van der Waals surface area contributed by atoms with Gasteiger partial charge in [0.25, 0.3) is 0 Å². The second-order valence-corrected chi connectivity index (χ2v) is 6.20. The molecule has 0 atom stereocenters. The fraction of sp³-hybridized carbons (Fsp3) is 0.571. The van der Waals surface area contributed by atoms with Gasteiger partial charge in [-0.25, -0.2) is 0 Å². The maximum Gasteiger partial charge on any atom is 0.101 e. The molecule has 3 heteroatoms. The van der Waals surface area contributed by atoms with Crippen LogP contribution in [0.15, 0.2) is 12.1 Å². The number of rotatable bonds is 0. The van der Waals surface area contributed by atoms with Gasteiger partial charge >= 0.3 is 0 Å². The molecule has 0 aliphatic rings. The van der Waals surface area contributed by atoms with Crippen molar-refractivity contribution in [2.45, 2.75) is 52.4 Å². The van der Waals surface area contributed by atoms with Crippen molar-refractivity contribution in [2.75, 3.05) is 0 Å². The highest BCUT2D eigenvalue weighted by atomic mass is 14.8. The molecule has 1 heterocycles. The molecule has 0 unspecified atom stereocenters. The van der Waals surface area contributed by atoms with Gasteiger partial charge in [0.05, 0.1) is 11.3 Å². The molecule has 0 spiro atoms. The number of nitrogens with zero attached hydrogens (tertiary/aromatic N) is 2. The summed E-state index contributed by atoms with van der Waals surface area (Å²) in [5.74, 6) is 0. The fourth-order valence-electron chi connectivity index (χ4n) is 1.54. The molecule has 0 saturated heterocycles. The normalized spacial score (nSPS) is 11.6. The van der Waals surface area contributed by atoms with Crippen LogP contribution in [0.25, 0.3) is 0 Å². The molecule has 0 saturated carbocycles. The van der Waals surface area contributed by atoms with Crippen LogP contribution in [0, 0.1) is 11.3 Å². The topological polar surface area (TPSA) is 36.7 Å². The van der Waals surface area contributed by atoms with Crippen LogP contribution in [-0.4, -0.2) is 13.4 Å². The van der Waals surface area contributed by atoms with Gasteiger partial charge < -0.3 is 0 Å². The quantitative estimate of drug-likeness (QED) is 0.638. The van der Waals surface area contributed by atoms with Gasteiger partial charge in [-0.2, -0.15) is 5.26 Å². The predicted octanol–water partition coefficient (Wildman–Crippen LogP) is 3.17. The number of hydrogen-bond acceptors (Lipinski definition) is 2. The minimum Gasteiger partial charge on any atom is -0.255 e. The first-order chi connectivity index (χ1) is 7.16. The van der Waals surface area contributed by atoms with Crippen LogP contribution in [0.3, 0.4) is 0 Å². The molecule has 17 heavy (non-hydrogen) atoms. The minimum atomic E-state index is -0.0909. The second kappa shape index (κ2) is 4.92. The highest BCUT2D eigenvalue weighted by Gasteiger charge is 2.23. The third kappa shape index (κ3) is 3.59. The molecule has 3 radical (unpaired) electrons. The van der Waals surface area contributed by atoms with Crippen LogP contribution in [0.2, 0.25) is 0 Å². The van der Waals surface area contributed by atoms with Crippen molar-refractivity contribution in [3.05, 3.63) is 29.1 Å². The molecule has 89 valence electrons. The summed E-state index contributed by atoms with van der Waals surface area (Å²) in [6.45, 7) is 12.7. The van der Waals surface area contributed by atoms with Crippen LogP contribution in [-0.2, 0) is 10.8 Å². The Balaban J connectivity index is 0.00000256. The lowest BCUT2D eigenvalue weighted by atomic mass is 9.85. The van der Waals surface area contributed by atoms with Crippen molar-refractivity contribution in [1.29, 1.82) is 5.26 Å². The molecule has 0 aromatic carbocycles. The van der Waals surface area contributed by atoms with Gasteiger partial charge in [0, 0.05) is 24.9 Å². The summed E-state index contributed by atoms with van der Waals surface area (Å²) in [5, 5.41) is 9.09. The molecule has 0 amide bonds. The van der Waals surface area contributed by atoms with Gasteiger partial charge in [0.15, 0.2) is 0 Å². The first kappa shape index (κ1) is 15.7. The van der Waals surface area contributed by atoms with Gasteiger partial charge in [-0.3, -0.25) is 4.98 Å². The van der Waals surface area contributed by atoms with Gasteiger partial charge in [-0.1, -0.05) is 41.5 Å². The van der Waals surface area contributed by atoms with Crippen LogP contribution in [0.4, 0.5) is 0 Å². The van der Waals surface area contributed by atoms with E-state index in [1.54, 1.807) is 0 Å². The summed E-state index contributed by atoms with van der Waals surface area (Å²) >= 11 is 0. The SMILES string of the molecule is CC(C)(C)c1ccc(C#N)c(C(C)(C)C)n1.[B]. The van der Waals surface area contributed by atoms with E-state index in [0.29, 0.717) is 5.56 Å². The molecule has 2 nitrogen and oxygen atoms in total. The zero-order valence-electron chi connectivity index (χ0n) is 11.6. The van der Waals surface area contributed by atoms with Crippen molar-refractivity contribution in [3.63, 3.8) is 0 Å². The largest absolute Gasteiger partial charge is 0.255 e. The van der Waals surface area contributed by atoms with E-state index in [4.69, 9.17) is 5.26 Å². The van der Waals surface area contributed by atoms with Crippen LogP contribution < -0.4 is 0 Å². The smallest absolute Gasteiger partial charge is 0.101 e. The van der Waals surface area contributed by atoms with Crippen LogP contribution >= 0.6 is 0 Å². The van der Waals surface area contributed by atoms with Gasteiger partial charge in [0.1, 0.15) is 6.07 Å². The van der Waals surface area contributed by atoms with Gasteiger partial charge in [-0.15, -0.1) is 0 Å². The van der Waals surface area contributed by atoms with E-state index >= 15 is 0 Å². The highest BCUT2D eigenvalue weighted by Crippen LogP contribution is 2.27. The fourth-order valence-corrected chi connectivity index (χ4v) is 1.54. The zero-order valence-corrected chi connectivity index (χ0v) is 11.6. The molecule has 0 bridgehead atoms. The summed E-state index contributed by atoms with van der Waals surface area (Å²) < 4.78 is 0. The van der Waals surface area contributed by atoms with Gasteiger partial charge in [0.2, 0.25) is 0 Å². The molecule has 0 fully saturated rings. The number of nitriles is 1. The Morgan fingerprint density at radius 2 is 1.53 bits per heavy atom. The van der Waals surface area contributed by atoms with Crippen molar-refractivity contribution in [1.82, 2.24) is 4.98 Å². The third-order valence-corrected chi connectivity index (χ3v) is 2.49. The predicted molar refractivity (Wildman–Crippen MR) is 72.1 cm³/mol. The first-order valence-corrected chi connectivity index (χ1v) is 5.58. The maximum absolute atomic E-state index is 9.09. The zero-order chi connectivity index (χ0) is 12.6. The monoisotopic (exact) mass is 227 g/mol. The van der Waals surface area contributed by atoms with Crippen LogP contribution in [0.5, 0.6) is 0 Å². The Labute approximate surface area is 107 Å². The number of hydrogen-bond donors (Lipinski definition) is 0. The molecule has 1 aromatic heterocycles. The van der Waals surface area contributed by atoms with Crippen molar-refractivity contribution in [2.24, 2.45) is 0 Å². The molecule has 1 aromatic rings. The van der Waals surface area contributed by atoms with E-state index in [2.05, 4.69) is 52.6 Å². The van der Waals surface area contributed by atoms with E-state index < -0.39 is 0 Å². The molecular weight excluding hydrogens is 207 g/mol. The van der Waals surface area contributed by atoms with Crippen molar-refractivity contribution < 1.29 is 0 Å². The summed E-state index contributed by atoms with van der Waals surface area (Å²) in [5.41, 5.74) is 2.54. The van der Waals surface area contributed by atoms with E-state index in [-0.39, 0.29) is 19.2 Å². The molecular formula is C14H20BN2. The average Bonchev–Trinajstić information content (AvgIpc) is 2.14. The van der Waals surface area contributed by atoms with E-state index in [1.165, 1.54) is 0 Å². The minimum absolute atomic E-state index is 0. The molecule has 0 aliphatic carbocycles. The Kier molecular flexibility index (Phi) is 4.54. The standard InChI is InChI=1S/C14H20N2.B/c1-13(2,3)11-8-7-10(9-15)12(16-11)14(4,5)6;/h7-8H,1-6H3;. The molecule has 0 N–H and O–H groups in total. The van der Waals surface area contributed by atoms with E-state index in [1.807, 2.05) is 12.1 Å². The average molecular weight is 227 g/mol. The first-order valence-electron chi connectivity index (χ1n) is 5.58. The van der Waals surface area contributed by atoms with Crippen molar-refractivity contribution >= 4 is 8.41 Å².